The molecule has 0 saturated carbocycles. The highest BCUT2D eigenvalue weighted by molar-refractivity contribution is 9.10. The molecule has 3 rings (SSSR count). The van der Waals surface area contributed by atoms with Crippen molar-refractivity contribution in [2.24, 2.45) is 13.0 Å². The summed E-state index contributed by atoms with van der Waals surface area (Å²) in [5.74, 6) is -0.943. The molecular weight excluding hydrogens is 440 g/mol. The van der Waals surface area contributed by atoms with Crippen molar-refractivity contribution in [3.05, 3.63) is 40.6 Å². The molecule has 2 N–H and O–H groups in total. The summed E-state index contributed by atoms with van der Waals surface area (Å²) >= 11 is 3.34. The van der Waals surface area contributed by atoms with E-state index in [1.807, 2.05) is 13.8 Å². The number of aromatic nitrogens is 6. The highest BCUT2D eigenvalue weighted by Gasteiger charge is 2.23. The average molecular weight is 463 g/mol. The largest absolute Gasteiger partial charge is 0.322 e. The molecule has 0 aliphatic heterocycles. The van der Waals surface area contributed by atoms with E-state index in [0.717, 1.165) is 10.2 Å². The lowest BCUT2D eigenvalue weighted by molar-refractivity contribution is -0.119. The molecule has 0 spiro atoms. The Labute approximate surface area is 176 Å². The van der Waals surface area contributed by atoms with Gasteiger partial charge in [-0.2, -0.15) is 15.3 Å². The minimum Gasteiger partial charge on any atom is -0.322 e. The van der Waals surface area contributed by atoms with E-state index in [0.29, 0.717) is 24.5 Å². The van der Waals surface area contributed by atoms with Gasteiger partial charge in [-0.3, -0.25) is 23.6 Å². The Morgan fingerprint density at radius 2 is 1.86 bits per heavy atom. The first-order valence-corrected chi connectivity index (χ1v) is 9.94. The first-order valence-electron chi connectivity index (χ1n) is 9.14. The van der Waals surface area contributed by atoms with Gasteiger partial charge in [0.25, 0.3) is 5.91 Å². The minimum atomic E-state index is -0.362. The van der Waals surface area contributed by atoms with Crippen LogP contribution in [0.15, 0.2) is 29.3 Å². The molecule has 0 aromatic carbocycles. The van der Waals surface area contributed by atoms with Crippen LogP contribution in [0.25, 0.3) is 0 Å². The van der Waals surface area contributed by atoms with Crippen LogP contribution in [0.4, 0.5) is 11.4 Å². The number of carbonyl (C=O) groups excluding carboxylic acids is 2. The van der Waals surface area contributed by atoms with Gasteiger partial charge in [0.05, 0.1) is 52.6 Å². The summed E-state index contributed by atoms with van der Waals surface area (Å²) in [6, 6.07) is 0. The summed E-state index contributed by atoms with van der Waals surface area (Å²) in [5.41, 5.74) is 2.09. The SMILES string of the molecule is CCn1ncc(NC(=O)C(C)Cn2cc(Br)cn2)c1C(=O)Nc1cnn(C)c1C. The number of carbonyl (C=O) groups is 2. The molecule has 0 fully saturated rings. The molecule has 0 radical (unpaired) electrons. The topological polar surface area (TPSA) is 112 Å². The van der Waals surface area contributed by atoms with Crippen LogP contribution in [-0.4, -0.2) is 41.2 Å². The molecule has 1 atom stereocenters. The molecule has 1 unspecified atom stereocenters. The maximum Gasteiger partial charge on any atom is 0.276 e. The van der Waals surface area contributed by atoms with Gasteiger partial charge in [-0.1, -0.05) is 6.92 Å². The third kappa shape index (κ3) is 4.56. The normalized spacial score (nSPS) is 12.0. The summed E-state index contributed by atoms with van der Waals surface area (Å²) in [4.78, 5) is 25.6. The quantitative estimate of drug-likeness (QED) is 0.559. The molecule has 0 aliphatic rings. The molecule has 29 heavy (non-hydrogen) atoms. The van der Waals surface area contributed by atoms with Crippen LogP contribution in [0.5, 0.6) is 0 Å². The molecule has 0 saturated heterocycles. The lowest BCUT2D eigenvalue weighted by Gasteiger charge is -2.13. The minimum absolute atomic E-state index is 0.223. The van der Waals surface area contributed by atoms with E-state index in [1.54, 1.807) is 46.6 Å². The predicted molar refractivity (Wildman–Crippen MR) is 112 cm³/mol. The van der Waals surface area contributed by atoms with Gasteiger partial charge in [-0.25, -0.2) is 0 Å². The summed E-state index contributed by atoms with van der Waals surface area (Å²) in [6.07, 6.45) is 6.54. The van der Waals surface area contributed by atoms with E-state index >= 15 is 0 Å². The van der Waals surface area contributed by atoms with Crippen LogP contribution in [0, 0.1) is 12.8 Å². The zero-order valence-corrected chi connectivity index (χ0v) is 18.3. The monoisotopic (exact) mass is 462 g/mol. The molecule has 3 heterocycles. The van der Waals surface area contributed by atoms with Crippen molar-refractivity contribution in [2.45, 2.75) is 33.9 Å². The number of anilines is 2. The van der Waals surface area contributed by atoms with Crippen molar-refractivity contribution in [1.29, 1.82) is 0 Å². The predicted octanol–water partition coefficient (Wildman–Crippen LogP) is 2.43. The summed E-state index contributed by atoms with van der Waals surface area (Å²) in [7, 11) is 1.80. The van der Waals surface area contributed by atoms with Crippen LogP contribution >= 0.6 is 15.9 Å². The number of halogens is 1. The second-order valence-corrected chi connectivity index (χ2v) is 7.63. The van der Waals surface area contributed by atoms with Crippen LogP contribution < -0.4 is 10.6 Å². The highest BCUT2D eigenvalue weighted by Crippen LogP contribution is 2.20. The van der Waals surface area contributed by atoms with E-state index in [-0.39, 0.29) is 23.4 Å². The Morgan fingerprint density at radius 3 is 2.45 bits per heavy atom. The van der Waals surface area contributed by atoms with Gasteiger partial charge in [0.2, 0.25) is 5.91 Å². The van der Waals surface area contributed by atoms with Gasteiger partial charge < -0.3 is 10.6 Å². The van der Waals surface area contributed by atoms with Gasteiger partial charge in [-0.05, 0) is 29.8 Å². The van der Waals surface area contributed by atoms with Crippen molar-refractivity contribution >= 4 is 39.1 Å². The standard InChI is InChI=1S/C18H23BrN8O2/c1-5-27-16(18(29)23-14-7-20-25(4)12(14)3)15(8-22-27)24-17(28)11(2)9-26-10-13(19)6-21-26/h6-8,10-11H,5,9H2,1-4H3,(H,23,29)(H,24,28). The molecule has 0 bridgehead atoms. The van der Waals surface area contributed by atoms with E-state index < -0.39 is 0 Å². The number of nitrogens with one attached hydrogen (secondary N) is 2. The maximum absolute atomic E-state index is 12.9. The molecule has 154 valence electrons. The number of nitrogens with zero attached hydrogens (tertiary/aromatic N) is 6. The smallest absolute Gasteiger partial charge is 0.276 e. The first-order chi connectivity index (χ1) is 13.8. The third-order valence-electron chi connectivity index (χ3n) is 4.61. The van der Waals surface area contributed by atoms with E-state index in [1.165, 1.54) is 6.20 Å². The summed E-state index contributed by atoms with van der Waals surface area (Å²) in [6.45, 7) is 6.44. The second-order valence-electron chi connectivity index (χ2n) is 6.71. The fourth-order valence-corrected chi connectivity index (χ4v) is 3.14. The lowest BCUT2D eigenvalue weighted by Crippen LogP contribution is -2.26. The fraction of sp³-hybridized carbons (Fsp3) is 0.389. The summed E-state index contributed by atoms with van der Waals surface area (Å²) in [5, 5.41) is 18.2. The molecule has 3 aromatic heterocycles. The Morgan fingerprint density at radius 1 is 1.14 bits per heavy atom. The maximum atomic E-state index is 12.9. The van der Waals surface area contributed by atoms with Crippen LogP contribution in [-0.2, 0) is 24.9 Å². The molecule has 0 aliphatic carbocycles. The average Bonchev–Trinajstić information content (AvgIpc) is 3.36. The molecule has 11 heteroatoms. The van der Waals surface area contributed by atoms with Crippen LogP contribution in [0.1, 0.15) is 30.0 Å². The van der Waals surface area contributed by atoms with Crippen LogP contribution in [0.2, 0.25) is 0 Å². The second kappa shape index (κ2) is 8.60. The van der Waals surface area contributed by atoms with Crippen molar-refractivity contribution in [3.8, 4) is 0 Å². The Kier molecular flexibility index (Phi) is 6.16. The van der Waals surface area contributed by atoms with Gasteiger partial charge in [0.1, 0.15) is 5.69 Å². The Bertz CT molecular complexity index is 1030. The zero-order valence-electron chi connectivity index (χ0n) is 16.7. The summed E-state index contributed by atoms with van der Waals surface area (Å²) < 4.78 is 5.75. The lowest BCUT2D eigenvalue weighted by atomic mass is 10.1. The molecule has 2 amide bonds. The number of amides is 2. The van der Waals surface area contributed by atoms with Crippen molar-refractivity contribution in [2.75, 3.05) is 10.6 Å². The van der Waals surface area contributed by atoms with Crippen molar-refractivity contribution in [3.63, 3.8) is 0 Å². The zero-order chi connectivity index (χ0) is 21.1. The third-order valence-corrected chi connectivity index (χ3v) is 5.02. The van der Waals surface area contributed by atoms with Crippen LogP contribution in [0.3, 0.4) is 0 Å². The Balaban J connectivity index is 1.76. The molecular formula is C18H23BrN8O2. The number of aryl methyl sites for hydroxylation is 2. The number of hydrogen-bond donors (Lipinski definition) is 2. The van der Waals surface area contributed by atoms with E-state index in [2.05, 4.69) is 41.9 Å². The van der Waals surface area contributed by atoms with Crippen molar-refractivity contribution in [1.82, 2.24) is 29.3 Å². The van der Waals surface area contributed by atoms with Gasteiger partial charge in [0.15, 0.2) is 0 Å². The first kappa shape index (κ1) is 20.8. The van der Waals surface area contributed by atoms with E-state index in [4.69, 9.17) is 0 Å². The van der Waals surface area contributed by atoms with Crippen molar-refractivity contribution < 1.29 is 9.59 Å². The number of rotatable bonds is 7. The molecule has 3 aromatic rings. The Hall–Kier alpha value is -2.95. The fourth-order valence-electron chi connectivity index (χ4n) is 2.82. The van der Waals surface area contributed by atoms with Gasteiger partial charge >= 0.3 is 0 Å². The van der Waals surface area contributed by atoms with Gasteiger partial charge in [-0.15, -0.1) is 0 Å². The molecule has 10 nitrogen and oxygen atoms in total. The number of hydrogen-bond acceptors (Lipinski definition) is 5. The van der Waals surface area contributed by atoms with Gasteiger partial charge in [0, 0.05) is 19.8 Å². The van der Waals surface area contributed by atoms with E-state index in [9.17, 15) is 9.59 Å². The highest BCUT2D eigenvalue weighted by atomic mass is 79.9.